The van der Waals surface area contributed by atoms with E-state index in [2.05, 4.69) is 42.3 Å². The number of benzene rings is 1. The molecule has 0 saturated carbocycles. The van der Waals surface area contributed by atoms with Gasteiger partial charge in [0.1, 0.15) is 0 Å². The second kappa shape index (κ2) is 7.14. The van der Waals surface area contributed by atoms with Crippen LogP contribution >= 0.6 is 11.3 Å². The van der Waals surface area contributed by atoms with Crippen LogP contribution in [0.3, 0.4) is 0 Å². The second-order valence-corrected chi connectivity index (χ2v) is 7.14. The summed E-state index contributed by atoms with van der Waals surface area (Å²) >= 11 is 1.62. The highest BCUT2D eigenvalue weighted by atomic mass is 32.1. The monoisotopic (exact) mass is 338 g/mol. The Bertz CT molecular complexity index is 867. The SMILES string of the molecule is CCCC(=O)c1cnc2ccsc2c1Nc1ccccc1C(C)C. The minimum atomic E-state index is 0.143. The molecule has 0 aliphatic carbocycles. The van der Waals surface area contributed by atoms with Gasteiger partial charge in [-0.15, -0.1) is 11.3 Å². The lowest BCUT2D eigenvalue weighted by atomic mass is 10.0. The largest absolute Gasteiger partial charge is 0.353 e. The molecule has 0 bridgehead atoms. The molecule has 3 nitrogen and oxygen atoms in total. The second-order valence-electron chi connectivity index (χ2n) is 6.22. The number of carbonyl (C=O) groups is 1. The number of nitrogens with zero attached hydrogens (tertiary/aromatic N) is 1. The third-order valence-electron chi connectivity index (χ3n) is 4.09. The Balaban J connectivity index is 2.12. The number of pyridine rings is 1. The minimum Gasteiger partial charge on any atom is -0.353 e. The van der Waals surface area contributed by atoms with E-state index in [0.717, 1.165) is 28.0 Å². The topological polar surface area (TPSA) is 42.0 Å². The van der Waals surface area contributed by atoms with Crippen LogP contribution in [0.15, 0.2) is 41.9 Å². The molecule has 0 saturated heterocycles. The van der Waals surface area contributed by atoms with Crippen molar-refractivity contribution < 1.29 is 4.79 Å². The fourth-order valence-electron chi connectivity index (χ4n) is 2.86. The standard InChI is InChI=1S/C20H22N2OS/c1-4-7-18(23)15-12-21-17-10-11-24-20(17)19(15)22-16-9-6-5-8-14(16)13(2)3/h5-6,8-13H,4,7H2,1-3H3,(H,21,22). The van der Waals surface area contributed by atoms with Gasteiger partial charge in [-0.3, -0.25) is 9.78 Å². The van der Waals surface area contributed by atoms with Crippen LogP contribution in [0.25, 0.3) is 10.2 Å². The molecule has 0 aliphatic rings. The smallest absolute Gasteiger partial charge is 0.166 e. The van der Waals surface area contributed by atoms with Crippen LogP contribution in [0.4, 0.5) is 11.4 Å². The maximum Gasteiger partial charge on any atom is 0.166 e. The molecular formula is C20H22N2OS. The summed E-state index contributed by atoms with van der Waals surface area (Å²) in [7, 11) is 0. The number of hydrogen-bond acceptors (Lipinski definition) is 4. The lowest BCUT2D eigenvalue weighted by Gasteiger charge is -2.17. The van der Waals surface area contributed by atoms with Gasteiger partial charge >= 0.3 is 0 Å². The summed E-state index contributed by atoms with van der Waals surface area (Å²) in [6, 6.07) is 10.3. The van der Waals surface area contributed by atoms with Gasteiger partial charge in [0.15, 0.2) is 5.78 Å². The van der Waals surface area contributed by atoms with E-state index in [0.29, 0.717) is 17.9 Å². The fourth-order valence-corrected chi connectivity index (χ4v) is 3.71. The van der Waals surface area contributed by atoms with Crippen LogP contribution in [-0.2, 0) is 0 Å². The number of hydrogen-bond donors (Lipinski definition) is 1. The quantitative estimate of drug-likeness (QED) is 0.548. The van der Waals surface area contributed by atoms with Gasteiger partial charge in [0.05, 0.1) is 21.5 Å². The van der Waals surface area contributed by atoms with Gasteiger partial charge in [0, 0.05) is 18.3 Å². The Kier molecular flexibility index (Phi) is 4.95. The number of para-hydroxylation sites is 1. The molecule has 0 atom stereocenters. The highest BCUT2D eigenvalue weighted by Gasteiger charge is 2.17. The van der Waals surface area contributed by atoms with Gasteiger partial charge in [-0.2, -0.15) is 0 Å². The van der Waals surface area contributed by atoms with Crippen molar-refractivity contribution in [2.75, 3.05) is 5.32 Å². The van der Waals surface area contributed by atoms with Crippen molar-refractivity contribution in [1.29, 1.82) is 0 Å². The zero-order valence-electron chi connectivity index (χ0n) is 14.3. The number of ketones is 1. The van der Waals surface area contributed by atoms with Gasteiger partial charge < -0.3 is 5.32 Å². The van der Waals surface area contributed by atoms with E-state index in [1.165, 1.54) is 5.56 Å². The van der Waals surface area contributed by atoms with Gasteiger partial charge in [-0.05, 0) is 35.4 Å². The normalized spacial score (nSPS) is 11.2. The van der Waals surface area contributed by atoms with Gasteiger partial charge in [-0.25, -0.2) is 0 Å². The predicted molar refractivity (Wildman–Crippen MR) is 103 cm³/mol. The highest BCUT2D eigenvalue weighted by Crippen LogP contribution is 2.35. The summed E-state index contributed by atoms with van der Waals surface area (Å²) in [5.74, 6) is 0.550. The van der Waals surface area contributed by atoms with E-state index in [-0.39, 0.29) is 5.78 Å². The van der Waals surface area contributed by atoms with Crippen molar-refractivity contribution >= 4 is 38.7 Å². The number of rotatable bonds is 6. The molecule has 2 heterocycles. The maximum absolute atomic E-state index is 12.6. The van der Waals surface area contributed by atoms with E-state index < -0.39 is 0 Å². The predicted octanol–water partition coefficient (Wildman–Crippen LogP) is 6.15. The highest BCUT2D eigenvalue weighted by molar-refractivity contribution is 7.17. The first-order chi connectivity index (χ1) is 11.6. The van der Waals surface area contributed by atoms with Crippen molar-refractivity contribution in [2.45, 2.75) is 39.5 Å². The third kappa shape index (κ3) is 3.20. The van der Waals surface area contributed by atoms with E-state index in [4.69, 9.17) is 0 Å². The van der Waals surface area contributed by atoms with E-state index >= 15 is 0 Å². The number of thiophene rings is 1. The average Bonchev–Trinajstić information content (AvgIpc) is 3.04. The van der Waals surface area contributed by atoms with Crippen LogP contribution in [0.5, 0.6) is 0 Å². The Hall–Kier alpha value is -2.20. The summed E-state index contributed by atoms with van der Waals surface area (Å²) in [4.78, 5) is 17.0. The number of nitrogens with one attached hydrogen (secondary N) is 1. The Morgan fingerprint density at radius 3 is 2.79 bits per heavy atom. The summed E-state index contributed by atoms with van der Waals surface area (Å²) < 4.78 is 1.04. The average molecular weight is 338 g/mol. The van der Waals surface area contributed by atoms with Crippen LogP contribution in [0.1, 0.15) is 55.5 Å². The fraction of sp³-hybridized carbons (Fsp3) is 0.300. The summed E-state index contributed by atoms with van der Waals surface area (Å²) in [5, 5.41) is 5.56. The molecule has 0 radical (unpaired) electrons. The Morgan fingerprint density at radius 1 is 1.25 bits per heavy atom. The van der Waals surface area contributed by atoms with Crippen molar-refractivity contribution in [3.05, 3.63) is 53.0 Å². The van der Waals surface area contributed by atoms with Crippen LogP contribution < -0.4 is 5.32 Å². The third-order valence-corrected chi connectivity index (χ3v) is 5.01. The van der Waals surface area contributed by atoms with Crippen molar-refractivity contribution in [3.63, 3.8) is 0 Å². The molecule has 3 aromatic rings. The molecule has 1 aromatic carbocycles. The van der Waals surface area contributed by atoms with Crippen LogP contribution in [0.2, 0.25) is 0 Å². The number of fused-ring (bicyclic) bond motifs is 1. The molecule has 124 valence electrons. The Morgan fingerprint density at radius 2 is 2.04 bits per heavy atom. The number of carbonyl (C=O) groups excluding carboxylic acids is 1. The summed E-state index contributed by atoms with van der Waals surface area (Å²) in [5.41, 5.74) is 4.80. The zero-order chi connectivity index (χ0) is 17.1. The first kappa shape index (κ1) is 16.7. The van der Waals surface area contributed by atoms with E-state index in [9.17, 15) is 4.79 Å². The van der Waals surface area contributed by atoms with Crippen molar-refractivity contribution in [2.24, 2.45) is 0 Å². The van der Waals surface area contributed by atoms with E-state index in [1.54, 1.807) is 17.5 Å². The zero-order valence-corrected chi connectivity index (χ0v) is 15.1. The first-order valence-electron chi connectivity index (χ1n) is 8.37. The van der Waals surface area contributed by atoms with E-state index in [1.807, 2.05) is 24.4 Å². The molecule has 24 heavy (non-hydrogen) atoms. The van der Waals surface area contributed by atoms with Gasteiger partial charge in [0.25, 0.3) is 0 Å². The van der Waals surface area contributed by atoms with Crippen molar-refractivity contribution in [1.82, 2.24) is 4.98 Å². The first-order valence-corrected chi connectivity index (χ1v) is 9.25. The molecular weight excluding hydrogens is 316 g/mol. The molecule has 0 unspecified atom stereocenters. The summed E-state index contributed by atoms with van der Waals surface area (Å²) in [6.07, 6.45) is 3.09. The number of anilines is 2. The van der Waals surface area contributed by atoms with Crippen LogP contribution in [0, 0.1) is 0 Å². The minimum absolute atomic E-state index is 0.143. The lowest BCUT2D eigenvalue weighted by molar-refractivity contribution is 0.0982. The molecule has 4 heteroatoms. The molecule has 0 spiro atoms. The van der Waals surface area contributed by atoms with Crippen molar-refractivity contribution in [3.8, 4) is 0 Å². The number of aromatic nitrogens is 1. The number of Topliss-reactive ketones (excluding diaryl/α,β-unsaturated/α-hetero) is 1. The maximum atomic E-state index is 12.6. The van der Waals surface area contributed by atoms with Crippen LogP contribution in [-0.4, -0.2) is 10.8 Å². The molecule has 0 aliphatic heterocycles. The van der Waals surface area contributed by atoms with Gasteiger partial charge in [0.2, 0.25) is 0 Å². The molecule has 2 aromatic heterocycles. The van der Waals surface area contributed by atoms with Gasteiger partial charge in [-0.1, -0.05) is 39.0 Å². The lowest BCUT2D eigenvalue weighted by Crippen LogP contribution is -2.06. The summed E-state index contributed by atoms with van der Waals surface area (Å²) in [6.45, 7) is 6.38. The molecule has 3 rings (SSSR count). The molecule has 1 N–H and O–H groups in total. The molecule has 0 amide bonds. The Labute approximate surface area is 146 Å². The molecule has 0 fully saturated rings.